The zero-order valence-electron chi connectivity index (χ0n) is 13.8. The van der Waals surface area contributed by atoms with Gasteiger partial charge in [-0.05, 0) is 33.4 Å². The Labute approximate surface area is 147 Å². The lowest BCUT2D eigenvalue weighted by molar-refractivity contribution is 0.0533. The van der Waals surface area contributed by atoms with Crippen molar-refractivity contribution in [2.24, 2.45) is 11.8 Å². The predicted octanol–water partition coefficient (Wildman–Crippen LogP) is 5.34. The molecule has 1 nitrogen and oxygen atoms in total. The van der Waals surface area contributed by atoms with Gasteiger partial charge >= 0.3 is 0 Å². The van der Waals surface area contributed by atoms with Crippen molar-refractivity contribution >= 4 is 0 Å². The second-order valence-corrected chi connectivity index (χ2v) is 7.97. The van der Waals surface area contributed by atoms with Crippen molar-refractivity contribution in [3.05, 3.63) is 106 Å². The normalized spacial score (nSPS) is 35.0. The van der Waals surface area contributed by atoms with Gasteiger partial charge in [0.15, 0.2) is 0 Å². The van der Waals surface area contributed by atoms with Crippen LogP contribution in [0.15, 0.2) is 72.8 Å². The van der Waals surface area contributed by atoms with E-state index in [0.29, 0.717) is 23.7 Å². The summed E-state index contributed by atoms with van der Waals surface area (Å²) in [5.41, 5.74) is 9.05. The minimum Gasteiger partial charge on any atom is -0.365 e. The standard InChI is InChI=1S/C24H18O/c1-2-8-14-13(7-1)19-15-9-3-4-10-16(15)20(14)22-21(19)23-17-11-5-6-12-18(17)24(22)25-23/h1-12,19-24H/t19?,20?,21-,22+,23-,24-/m0/s1. The molecule has 0 radical (unpaired) electrons. The molecule has 120 valence electrons. The fraction of sp³-hybridized carbons (Fsp3) is 0.250. The molecule has 4 atom stereocenters. The maximum Gasteiger partial charge on any atom is 0.0878 e. The molecule has 0 amide bonds. The molecule has 0 aromatic heterocycles. The first-order chi connectivity index (χ1) is 12.4. The van der Waals surface area contributed by atoms with Gasteiger partial charge in [0, 0.05) is 23.7 Å². The van der Waals surface area contributed by atoms with Crippen molar-refractivity contribution in [1.29, 1.82) is 0 Å². The highest BCUT2D eigenvalue weighted by Crippen LogP contribution is 2.71. The van der Waals surface area contributed by atoms with Gasteiger partial charge in [-0.2, -0.15) is 0 Å². The highest BCUT2D eigenvalue weighted by atomic mass is 16.5. The molecule has 3 aliphatic carbocycles. The largest absolute Gasteiger partial charge is 0.365 e. The van der Waals surface area contributed by atoms with E-state index in [4.69, 9.17) is 4.74 Å². The van der Waals surface area contributed by atoms with Crippen LogP contribution >= 0.6 is 0 Å². The Morgan fingerprint density at radius 3 is 1.12 bits per heavy atom. The summed E-state index contributed by atoms with van der Waals surface area (Å²) in [6.45, 7) is 0. The predicted molar refractivity (Wildman–Crippen MR) is 96.6 cm³/mol. The van der Waals surface area contributed by atoms with Gasteiger partial charge in [-0.3, -0.25) is 0 Å². The Hall–Kier alpha value is -2.38. The molecule has 1 saturated heterocycles. The topological polar surface area (TPSA) is 9.23 Å². The third-order valence-corrected chi connectivity index (χ3v) is 7.15. The molecule has 1 heteroatoms. The summed E-state index contributed by atoms with van der Waals surface area (Å²) >= 11 is 0. The molecule has 0 spiro atoms. The van der Waals surface area contributed by atoms with E-state index >= 15 is 0 Å². The number of rotatable bonds is 0. The van der Waals surface area contributed by atoms with Gasteiger partial charge in [0.2, 0.25) is 0 Å². The second-order valence-electron chi connectivity index (χ2n) is 7.97. The van der Waals surface area contributed by atoms with Crippen molar-refractivity contribution in [2.75, 3.05) is 0 Å². The van der Waals surface area contributed by atoms with Crippen LogP contribution in [-0.2, 0) is 4.74 Å². The van der Waals surface area contributed by atoms with Crippen LogP contribution in [0.4, 0.5) is 0 Å². The van der Waals surface area contributed by atoms with Crippen LogP contribution in [0.25, 0.3) is 0 Å². The zero-order valence-corrected chi connectivity index (χ0v) is 13.8. The van der Waals surface area contributed by atoms with Crippen molar-refractivity contribution < 1.29 is 4.74 Å². The maximum atomic E-state index is 6.63. The average molecular weight is 322 g/mol. The molecule has 8 rings (SSSR count). The maximum absolute atomic E-state index is 6.63. The molecule has 1 fully saturated rings. The minimum atomic E-state index is 0.264. The molecular formula is C24H18O. The van der Waals surface area contributed by atoms with Gasteiger partial charge in [-0.1, -0.05) is 72.8 Å². The smallest absolute Gasteiger partial charge is 0.0878 e. The van der Waals surface area contributed by atoms with Crippen LogP contribution in [0.5, 0.6) is 0 Å². The van der Waals surface area contributed by atoms with Crippen LogP contribution in [0.2, 0.25) is 0 Å². The Bertz CT molecular complexity index is 907. The number of ether oxygens (including phenoxy) is 1. The van der Waals surface area contributed by atoms with Gasteiger partial charge in [-0.15, -0.1) is 0 Å². The third kappa shape index (κ3) is 1.35. The molecule has 5 aliphatic rings. The molecule has 3 aromatic carbocycles. The monoisotopic (exact) mass is 322 g/mol. The van der Waals surface area contributed by atoms with Crippen molar-refractivity contribution in [2.45, 2.75) is 24.0 Å². The quantitative estimate of drug-likeness (QED) is 0.543. The summed E-state index contributed by atoms with van der Waals surface area (Å²) in [7, 11) is 0. The van der Waals surface area contributed by atoms with Crippen LogP contribution in [0, 0.1) is 11.8 Å². The van der Waals surface area contributed by atoms with Gasteiger partial charge in [-0.25, -0.2) is 0 Å². The summed E-state index contributed by atoms with van der Waals surface area (Å²) < 4.78 is 6.63. The first kappa shape index (κ1) is 12.9. The Morgan fingerprint density at radius 1 is 0.440 bits per heavy atom. The van der Waals surface area contributed by atoms with Gasteiger partial charge in [0.1, 0.15) is 0 Å². The molecule has 3 aromatic rings. The van der Waals surface area contributed by atoms with Gasteiger partial charge < -0.3 is 4.74 Å². The van der Waals surface area contributed by atoms with E-state index in [1.54, 1.807) is 22.3 Å². The molecule has 2 aliphatic heterocycles. The second kappa shape index (κ2) is 4.23. The van der Waals surface area contributed by atoms with E-state index in [0.717, 1.165) is 0 Å². The SMILES string of the molecule is c1ccc2c(c1)C1c3ccccc3C2[C@H]2[C@@H]1[C@H]1O[C@H]2c2ccccc21. The van der Waals surface area contributed by atoms with Gasteiger partial charge in [0.05, 0.1) is 12.2 Å². The molecule has 4 bridgehead atoms. The molecule has 0 unspecified atom stereocenters. The van der Waals surface area contributed by atoms with Crippen molar-refractivity contribution in [1.82, 2.24) is 0 Å². The van der Waals surface area contributed by atoms with E-state index in [1.165, 1.54) is 11.1 Å². The molecule has 25 heavy (non-hydrogen) atoms. The van der Waals surface area contributed by atoms with E-state index in [-0.39, 0.29) is 12.2 Å². The fourth-order valence-corrected chi connectivity index (χ4v) is 6.45. The van der Waals surface area contributed by atoms with Crippen molar-refractivity contribution in [3.8, 4) is 0 Å². The zero-order chi connectivity index (χ0) is 16.1. The van der Waals surface area contributed by atoms with E-state index in [9.17, 15) is 0 Å². The van der Waals surface area contributed by atoms with Crippen LogP contribution in [0.3, 0.4) is 0 Å². The molecule has 2 heterocycles. The Kier molecular flexibility index (Phi) is 2.18. The summed E-state index contributed by atoms with van der Waals surface area (Å²) in [5, 5.41) is 0. The first-order valence-corrected chi connectivity index (χ1v) is 9.35. The van der Waals surface area contributed by atoms with Crippen LogP contribution < -0.4 is 0 Å². The molecular weight excluding hydrogens is 304 g/mol. The Balaban J connectivity index is 1.54. The number of fused-ring (bicyclic) bond motifs is 5. The summed E-state index contributed by atoms with van der Waals surface area (Å²) in [6, 6.07) is 27.2. The summed E-state index contributed by atoms with van der Waals surface area (Å²) in [6.07, 6.45) is 0.529. The average Bonchev–Trinajstić information content (AvgIpc) is 3.26. The van der Waals surface area contributed by atoms with Crippen LogP contribution in [-0.4, -0.2) is 0 Å². The fourth-order valence-electron chi connectivity index (χ4n) is 6.45. The third-order valence-electron chi connectivity index (χ3n) is 7.15. The highest BCUT2D eigenvalue weighted by molar-refractivity contribution is 5.59. The van der Waals surface area contributed by atoms with Crippen LogP contribution in [0.1, 0.15) is 57.4 Å². The minimum absolute atomic E-state index is 0.264. The lowest BCUT2D eigenvalue weighted by Gasteiger charge is -2.51. The van der Waals surface area contributed by atoms with E-state index < -0.39 is 0 Å². The number of hydrogen-bond donors (Lipinski definition) is 0. The Morgan fingerprint density at radius 2 is 0.760 bits per heavy atom. The lowest BCUT2D eigenvalue weighted by atomic mass is 9.50. The first-order valence-electron chi connectivity index (χ1n) is 9.35. The summed E-state index contributed by atoms with van der Waals surface area (Å²) in [5.74, 6) is 2.11. The lowest BCUT2D eigenvalue weighted by Crippen LogP contribution is -2.42. The van der Waals surface area contributed by atoms with Crippen molar-refractivity contribution in [3.63, 3.8) is 0 Å². The van der Waals surface area contributed by atoms with E-state index in [1.807, 2.05) is 0 Å². The molecule has 0 saturated carbocycles. The number of hydrogen-bond acceptors (Lipinski definition) is 1. The number of benzene rings is 3. The van der Waals surface area contributed by atoms with Gasteiger partial charge in [0.25, 0.3) is 0 Å². The summed E-state index contributed by atoms with van der Waals surface area (Å²) in [4.78, 5) is 0. The highest BCUT2D eigenvalue weighted by Gasteiger charge is 2.62. The van der Waals surface area contributed by atoms with E-state index in [2.05, 4.69) is 72.8 Å². The molecule has 0 N–H and O–H groups in total.